The van der Waals surface area contributed by atoms with E-state index in [0.717, 1.165) is 10.0 Å². The van der Waals surface area contributed by atoms with Crippen molar-refractivity contribution in [1.29, 1.82) is 0 Å². The molecule has 0 bridgehead atoms. The summed E-state index contributed by atoms with van der Waals surface area (Å²) in [4.78, 5) is 0. The molecule has 1 aliphatic rings. The first-order valence-electron chi connectivity index (χ1n) is 5.22. The third kappa shape index (κ3) is 2.43. The molecule has 1 aliphatic carbocycles. The highest BCUT2D eigenvalue weighted by Crippen LogP contribution is 2.34. The molecule has 1 aromatic carbocycles. The van der Waals surface area contributed by atoms with E-state index in [0.29, 0.717) is 5.92 Å². The molecule has 0 atom stereocenters. The third-order valence-corrected chi connectivity index (χ3v) is 3.40. The topological polar surface area (TPSA) is 0 Å². The summed E-state index contributed by atoms with van der Waals surface area (Å²) in [6.07, 6.45) is 6.64. The number of benzene rings is 1. The van der Waals surface area contributed by atoms with Crippen molar-refractivity contribution >= 4 is 23.2 Å². The molecule has 1 saturated carbocycles. The highest BCUT2D eigenvalue weighted by Gasteiger charge is 2.15. The average molecular weight is 229 g/mol. The maximum Gasteiger partial charge on any atom is 0.0423 e. The van der Waals surface area contributed by atoms with Gasteiger partial charge in [0.05, 0.1) is 0 Å². The predicted octanol–water partition coefficient (Wildman–Crippen LogP) is 5.04. The van der Waals surface area contributed by atoms with Gasteiger partial charge in [0, 0.05) is 10.0 Å². The molecule has 0 radical (unpaired) electrons. The zero-order chi connectivity index (χ0) is 9.97. The minimum Gasteiger partial charge on any atom is -0.0843 e. The quantitative estimate of drug-likeness (QED) is 0.632. The van der Waals surface area contributed by atoms with Crippen LogP contribution >= 0.6 is 23.2 Å². The van der Waals surface area contributed by atoms with E-state index in [4.69, 9.17) is 23.2 Å². The van der Waals surface area contributed by atoms with Gasteiger partial charge in [0.1, 0.15) is 0 Å². The summed E-state index contributed by atoms with van der Waals surface area (Å²) < 4.78 is 0. The third-order valence-electron chi connectivity index (χ3n) is 2.96. The van der Waals surface area contributed by atoms with Crippen LogP contribution in [0.2, 0.25) is 10.0 Å². The maximum atomic E-state index is 5.98. The number of hydrogen-bond acceptors (Lipinski definition) is 0. The Hall–Kier alpha value is -0.200. The van der Waals surface area contributed by atoms with E-state index in [1.807, 2.05) is 0 Å². The second-order valence-electron chi connectivity index (χ2n) is 4.04. The molecule has 2 heteroatoms. The fraction of sp³-hybridized carbons (Fsp3) is 0.500. The molecular weight excluding hydrogens is 215 g/mol. The standard InChI is InChI=1S/C12H14Cl2/c13-11-6-10(7-12(14)8-11)9-4-2-1-3-5-9/h6-9H,1-5H2. The van der Waals surface area contributed by atoms with Crippen molar-refractivity contribution in [2.75, 3.05) is 0 Å². The first kappa shape index (κ1) is 10.3. The van der Waals surface area contributed by atoms with E-state index >= 15 is 0 Å². The molecule has 2 rings (SSSR count). The smallest absolute Gasteiger partial charge is 0.0423 e. The first-order chi connectivity index (χ1) is 6.75. The van der Waals surface area contributed by atoms with E-state index < -0.39 is 0 Å². The Labute approximate surface area is 95.2 Å². The van der Waals surface area contributed by atoms with Crippen molar-refractivity contribution in [2.24, 2.45) is 0 Å². The van der Waals surface area contributed by atoms with E-state index in [1.165, 1.54) is 37.7 Å². The minimum atomic E-state index is 0.681. The Bertz CT molecular complexity index is 294. The SMILES string of the molecule is Clc1cc(Cl)cc(C2CCCCC2)c1. The lowest BCUT2D eigenvalue weighted by molar-refractivity contribution is 0.443. The summed E-state index contributed by atoms with van der Waals surface area (Å²) in [5.74, 6) is 0.681. The van der Waals surface area contributed by atoms with Gasteiger partial charge in [0.15, 0.2) is 0 Å². The largest absolute Gasteiger partial charge is 0.0843 e. The summed E-state index contributed by atoms with van der Waals surface area (Å²) in [6, 6.07) is 5.92. The van der Waals surface area contributed by atoms with Gasteiger partial charge in [-0.1, -0.05) is 42.5 Å². The lowest BCUT2D eigenvalue weighted by Crippen LogP contribution is -2.04. The lowest BCUT2D eigenvalue weighted by Gasteiger charge is -2.22. The van der Waals surface area contributed by atoms with Crippen LogP contribution in [0.25, 0.3) is 0 Å². The van der Waals surface area contributed by atoms with Crippen molar-refractivity contribution in [1.82, 2.24) is 0 Å². The average Bonchev–Trinajstić information content (AvgIpc) is 2.18. The number of rotatable bonds is 1. The van der Waals surface area contributed by atoms with Crippen LogP contribution in [0.4, 0.5) is 0 Å². The van der Waals surface area contributed by atoms with Crippen molar-refractivity contribution in [3.63, 3.8) is 0 Å². The fourth-order valence-electron chi connectivity index (χ4n) is 2.25. The molecule has 0 unspecified atom stereocenters. The molecule has 0 nitrogen and oxygen atoms in total. The molecule has 14 heavy (non-hydrogen) atoms. The van der Waals surface area contributed by atoms with Crippen LogP contribution in [-0.2, 0) is 0 Å². The summed E-state index contributed by atoms with van der Waals surface area (Å²) in [5.41, 5.74) is 1.32. The molecule has 0 amide bonds. The van der Waals surface area contributed by atoms with Gasteiger partial charge in [-0.2, -0.15) is 0 Å². The van der Waals surface area contributed by atoms with Gasteiger partial charge in [0.2, 0.25) is 0 Å². The van der Waals surface area contributed by atoms with E-state index in [-0.39, 0.29) is 0 Å². The fourth-order valence-corrected chi connectivity index (χ4v) is 2.79. The van der Waals surface area contributed by atoms with Gasteiger partial charge in [-0.25, -0.2) is 0 Å². The summed E-state index contributed by atoms with van der Waals surface area (Å²) in [7, 11) is 0. The first-order valence-corrected chi connectivity index (χ1v) is 5.97. The molecule has 1 fully saturated rings. The van der Waals surface area contributed by atoms with Crippen molar-refractivity contribution in [2.45, 2.75) is 38.0 Å². The van der Waals surface area contributed by atoms with Crippen molar-refractivity contribution < 1.29 is 0 Å². The molecule has 0 aliphatic heterocycles. The summed E-state index contributed by atoms with van der Waals surface area (Å²) >= 11 is 12.0. The van der Waals surface area contributed by atoms with Crippen LogP contribution in [0.15, 0.2) is 18.2 Å². The molecule has 0 N–H and O–H groups in total. The molecule has 76 valence electrons. The Morgan fingerprint density at radius 1 is 0.857 bits per heavy atom. The van der Waals surface area contributed by atoms with E-state index in [1.54, 1.807) is 6.07 Å². The van der Waals surface area contributed by atoms with Crippen LogP contribution in [-0.4, -0.2) is 0 Å². The Morgan fingerprint density at radius 3 is 2.00 bits per heavy atom. The Kier molecular flexibility index (Phi) is 3.35. The maximum absolute atomic E-state index is 5.98. The van der Waals surface area contributed by atoms with Crippen LogP contribution in [0.1, 0.15) is 43.6 Å². The highest BCUT2D eigenvalue weighted by atomic mass is 35.5. The van der Waals surface area contributed by atoms with Crippen LogP contribution in [0.3, 0.4) is 0 Å². The summed E-state index contributed by atoms with van der Waals surface area (Å²) in [5, 5.41) is 1.52. The van der Waals surface area contributed by atoms with Crippen LogP contribution < -0.4 is 0 Å². The van der Waals surface area contributed by atoms with Gasteiger partial charge in [-0.3, -0.25) is 0 Å². The Balaban J connectivity index is 2.21. The molecule has 0 aromatic heterocycles. The normalized spacial score (nSPS) is 18.4. The molecule has 0 saturated heterocycles. The van der Waals surface area contributed by atoms with Gasteiger partial charge in [0.25, 0.3) is 0 Å². The van der Waals surface area contributed by atoms with Gasteiger partial charge >= 0.3 is 0 Å². The number of halogens is 2. The second kappa shape index (κ2) is 4.55. The molecular formula is C12H14Cl2. The van der Waals surface area contributed by atoms with Crippen molar-refractivity contribution in [3.8, 4) is 0 Å². The van der Waals surface area contributed by atoms with E-state index in [2.05, 4.69) is 12.1 Å². The van der Waals surface area contributed by atoms with Crippen molar-refractivity contribution in [3.05, 3.63) is 33.8 Å². The highest BCUT2D eigenvalue weighted by molar-refractivity contribution is 6.34. The lowest BCUT2D eigenvalue weighted by atomic mass is 9.84. The summed E-state index contributed by atoms with van der Waals surface area (Å²) in [6.45, 7) is 0. The van der Waals surface area contributed by atoms with Gasteiger partial charge in [-0.05, 0) is 42.5 Å². The monoisotopic (exact) mass is 228 g/mol. The second-order valence-corrected chi connectivity index (χ2v) is 4.91. The number of hydrogen-bond donors (Lipinski definition) is 0. The molecule has 0 heterocycles. The van der Waals surface area contributed by atoms with Gasteiger partial charge in [-0.15, -0.1) is 0 Å². The zero-order valence-corrected chi connectivity index (χ0v) is 9.61. The van der Waals surface area contributed by atoms with E-state index in [9.17, 15) is 0 Å². The van der Waals surface area contributed by atoms with Crippen LogP contribution in [0.5, 0.6) is 0 Å². The predicted molar refractivity (Wildman–Crippen MR) is 62.3 cm³/mol. The zero-order valence-electron chi connectivity index (χ0n) is 8.10. The van der Waals surface area contributed by atoms with Gasteiger partial charge < -0.3 is 0 Å². The molecule has 0 spiro atoms. The van der Waals surface area contributed by atoms with Crippen LogP contribution in [0, 0.1) is 0 Å². The molecule has 1 aromatic rings. The minimum absolute atomic E-state index is 0.681. The Morgan fingerprint density at radius 2 is 1.43 bits per heavy atom.